The Labute approximate surface area is 210 Å². The Hall–Kier alpha value is -2.68. The fraction of sp³-hybridized carbons (Fsp3) is 0.500. The molecule has 3 aliphatic heterocycles. The van der Waals surface area contributed by atoms with Crippen LogP contribution in [0.15, 0.2) is 49.6 Å². The Balaban J connectivity index is 1.74. The van der Waals surface area contributed by atoms with Gasteiger partial charge in [-0.1, -0.05) is 23.8 Å². The summed E-state index contributed by atoms with van der Waals surface area (Å²) in [4.78, 5) is 43.9. The second-order valence-electron chi connectivity index (χ2n) is 9.44. The van der Waals surface area contributed by atoms with E-state index in [-0.39, 0.29) is 38.1 Å². The summed E-state index contributed by atoms with van der Waals surface area (Å²) in [6.45, 7) is 9.21. The van der Waals surface area contributed by atoms with Crippen LogP contribution in [0.3, 0.4) is 0 Å². The predicted molar refractivity (Wildman–Crippen MR) is 131 cm³/mol. The fourth-order valence-electron chi connectivity index (χ4n) is 5.96. The van der Waals surface area contributed by atoms with Crippen molar-refractivity contribution in [2.45, 2.75) is 43.4 Å². The van der Waals surface area contributed by atoms with Gasteiger partial charge in [0.25, 0.3) is 5.91 Å². The van der Waals surface area contributed by atoms with Crippen molar-refractivity contribution in [3.63, 3.8) is 0 Å². The highest BCUT2D eigenvalue weighted by Crippen LogP contribution is 2.63. The van der Waals surface area contributed by atoms with Crippen LogP contribution in [0.2, 0.25) is 5.02 Å². The lowest BCUT2D eigenvalue weighted by atomic mass is 9.66. The van der Waals surface area contributed by atoms with Gasteiger partial charge < -0.3 is 24.4 Å². The van der Waals surface area contributed by atoms with Crippen molar-refractivity contribution in [1.29, 1.82) is 0 Å². The number of fused-ring (bicyclic) bond motifs is 1. The van der Waals surface area contributed by atoms with Gasteiger partial charge in [0, 0.05) is 23.8 Å². The van der Waals surface area contributed by atoms with E-state index in [9.17, 15) is 19.5 Å². The van der Waals surface area contributed by atoms with Gasteiger partial charge in [-0.25, -0.2) is 0 Å². The number of rotatable bonds is 10. The third-order valence-corrected chi connectivity index (χ3v) is 7.64. The van der Waals surface area contributed by atoms with Gasteiger partial charge >= 0.3 is 5.97 Å². The van der Waals surface area contributed by atoms with Crippen molar-refractivity contribution in [1.82, 2.24) is 4.90 Å². The van der Waals surface area contributed by atoms with Crippen molar-refractivity contribution in [3.05, 3.63) is 54.6 Å². The zero-order chi connectivity index (χ0) is 25.4. The third kappa shape index (κ3) is 4.07. The predicted octanol–water partition coefficient (Wildman–Crippen LogP) is 2.74. The molecule has 3 heterocycles. The number of halogens is 1. The number of nitrogens with zero attached hydrogens (tertiary/aromatic N) is 2. The van der Waals surface area contributed by atoms with Crippen molar-refractivity contribution < 1.29 is 29.0 Å². The normalized spacial score (nSPS) is 30.8. The number of β-amino-alcohol motifs (C(OH)–C–C–N with tert-alkyl or cyclic N) is 1. The lowest BCUT2D eigenvalue weighted by Gasteiger charge is -2.36. The van der Waals surface area contributed by atoms with E-state index < -0.39 is 35.0 Å². The van der Waals surface area contributed by atoms with Gasteiger partial charge in [0.15, 0.2) is 0 Å². The summed E-state index contributed by atoms with van der Waals surface area (Å²) in [6.07, 6.45) is 4.70. The molecular formula is C26H31ClN2O6. The highest BCUT2D eigenvalue weighted by Gasteiger charge is 2.78. The van der Waals surface area contributed by atoms with Gasteiger partial charge in [-0.05, 0) is 50.5 Å². The molecule has 3 aliphatic rings. The minimum Gasteiger partial charge on any atom is -0.465 e. The highest BCUT2D eigenvalue weighted by atomic mass is 35.5. The standard InChI is InChI=1S/C26H31ClN2O6/c1-4-6-16-34-24(33)20-19-22(31)29(14-15-30)21(26(19)12-11-25(20,3)35-26)23(32)28(13-5-2)18-9-7-17(27)8-10-18/h4-5,7-10,19-21,30H,1-2,6,11-16H2,3H3/t19-,20-,21?,25+,26?/m0/s1. The van der Waals surface area contributed by atoms with Crippen LogP contribution in [0.5, 0.6) is 0 Å². The van der Waals surface area contributed by atoms with E-state index in [4.69, 9.17) is 21.1 Å². The number of hydrogen-bond donors (Lipinski definition) is 1. The quantitative estimate of drug-likeness (QED) is 0.300. The maximum absolute atomic E-state index is 14.1. The number of anilines is 1. The van der Waals surface area contributed by atoms with Crippen LogP contribution in [-0.2, 0) is 23.9 Å². The molecule has 2 unspecified atom stereocenters. The van der Waals surface area contributed by atoms with Gasteiger partial charge in [-0.3, -0.25) is 14.4 Å². The van der Waals surface area contributed by atoms with Crippen molar-refractivity contribution in [2.75, 3.05) is 31.2 Å². The first-order valence-corrected chi connectivity index (χ1v) is 12.2. The number of amides is 2. The second-order valence-corrected chi connectivity index (χ2v) is 9.88. The zero-order valence-corrected chi connectivity index (χ0v) is 20.6. The number of hydrogen-bond acceptors (Lipinski definition) is 6. The summed E-state index contributed by atoms with van der Waals surface area (Å²) in [6, 6.07) is 5.80. The molecule has 0 saturated carbocycles. The number of carbonyl (C=O) groups is 3. The number of ether oxygens (including phenoxy) is 2. The lowest BCUT2D eigenvalue weighted by molar-refractivity contribution is -0.159. The van der Waals surface area contributed by atoms with Crippen LogP contribution in [-0.4, -0.2) is 71.3 Å². The number of aliphatic hydroxyl groups excluding tert-OH is 1. The molecule has 1 spiro atoms. The van der Waals surface area contributed by atoms with Crippen LogP contribution in [0.1, 0.15) is 26.2 Å². The molecule has 35 heavy (non-hydrogen) atoms. The molecular weight excluding hydrogens is 472 g/mol. The van der Waals surface area contributed by atoms with Crippen LogP contribution >= 0.6 is 11.6 Å². The Morgan fingerprint density at radius 2 is 2.00 bits per heavy atom. The summed E-state index contributed by atoms with van der Waals surface area (Å²) in [5.74, 6) is -2.95. The molecule has 1 aromatic carbocycles. The monoisotopic (exact) mass is 502 g/mol. The minimum atomic E-state index is -1.19. The number of carbonyl (C=O) groups excluding carboxylic acids is 3. The highest BCUT2D eigenvalue weighted by molar-refractivity contribution is 6.30. The van der Waals surface area contributed by atoms with E-state index in [2.05, 4.69) is 13.2 Å². The molecule has 5 atom stereocenters. The molecule has 0 aromatic heterocycles. The number of esters is 1. The topological polar surface area (TPSA) is 96.4 Å². The van der Waals surface area contributed by atoms with Crippen LogP contribution in [0.25, 0.3) is 0 Å². The zero-order valence-electron chi connectivity index (χ0n) is 19.8. The molecule has 0 aliphatic carbocycles. The third-order valence-electron chi connectivity index (χ3n) is 7.39. The van der Waals surface area contributed by atoms with Crippen LogP contribution in [0, 0.1) is 11.8 Å². The molecule has 9 heteroatoms. The first-order chi connectivity index (χ1) is 16.7. The van der Waals surface area contributed by atoms with E-state index in [0.717, 1.165) is 0 Å². The molecule has 4 rings (SSSR count). The molecule has 1 aromatic rings. The summed E-state index contributed by atoms with van der Waals surface area (Å²) in [5, 5.41) is 10.3. The molecule has 0 radical (unpaired) electrons. The first kappa shape index (κ1) is 25.4. The van der Waals surface area contributed by atoms with Gasteiger partial charge in [0.2, 0.25) is 5.91 Å². The molecule has 8 nitrogen and oxygen atoms in total. The van der Waals surface area contributed by atoms with Crippen LogP contribution in [0.4, 0.5) is 5.69 Å². The molecule has 3 fully saturated rings. The van der Waals surface area contributed by atoms with Crippen molar-refractivity contribution in [3.8, 4) is 0 Å². The van der Waals surface area contributed by atoms with E-state index in [1.165, 1.54) is 9.80 Å². The molecule has 3 saturated heterocycles. The van der Waals surface area contributed by atoms with Gasteiger partial charge in [0.1, 0.15) is 17.6 Å². The SMILES string of the molecule is C=CCCOC(=O)[C@@H]1[C@H]2C(=O)N(CCO)C(C(=O)N(CC=C)c3ccc(Cl)cc3)C23CC[C@@]1(C)O3. The van der Waals surface area contributed by atoms with E-state index >= 15 is 0 Å². The Morgan fingerprint density at radius 3 is 2.63 bits per heavy atom. The second kappa shape index (κ2) is 9.76. The Kier molecular flexibility index (Phi) is 7.09. The summed E-state index contributed by atoms with van der Waals surface area (Å²) < 4.78 is 12.0. The van der Waals surface area contributed by atoms with Gasteiger partial charge in [0.05, 0.1) is 24.7 Å². The maximum atomic E-state index is 14.1. The number of benzene rings is 1. The lowest BCUT2D eigenvalue weighted by Crippen LogP contribution is -2.56. The average molecular weight is 503 g/mol. The molecule has 188 valence electrons. The fourth-order valence-corrected chi connectivity index (χ4v) is 6.09. The number of aliphatic hydroxyl groups is 1. The molecule has 1 N–H and O–H groups in total. The van der Waals surface area contributed by atoms with Crippen molar-refractivity contribution in [2.24, 2.45) is 11.8 Å². The summed E-state index contributed by atoms with van der Waals surface area (Å²) in [5.41, 5.74) is -1.51. The molecule has 2 bridgehead atoms. The van der Waals surface area contributed by atoms with Gasteiger partial charge in [-0.15, -0.1) is 13.2 Å². The Bertz CT molecular complexity index is 1030. The summed E-state index contributed by atoms with van der Waals surface area (Å²) in [7, 11) is 0. The van der Waals surface area contributed by atoms with Gasteiger partial charge in [-0.2, -0.15) is 0 Å². The van der Waals surface area contributed by atoms with Crippen molar-refractivity contribution >= 4 is 35.1 Å². The first-order valence-electron chi connectivity index (χ1n) is 11.8. The Morgan fingerprint density at radius 1 is 1.29 bits per heavy atom. The summed E-state index contributed by atoms with van der Waals surface area (Å²) >= 11 is 6.04. The maximum Gasteiger partial charge on any atom is 0.312 e. The van der Waals surface area contributed by atoms with E-state index in [1.807, 2.05) is 6.92 Å². The largest absolute Gasteiger partial charge is 0.465 e. The number of likely N-dealkylation sites (tertiary alicyclic amines) is 1. The average Bonchev–Trinajstić information content (AvgIpc) is 3.39. The van der Waals surface area contributed by atoms with E-state index in [0.29, 0.717) is 30.0 Å². The van der Waals surface area contributed by atoms with Crippen LogP contribution < -0.4 is 4.90 Å². The smallest absolute Gasteiger partial charge is 0.312 e. The minimum absolute atomic E-state index is 0.0473. The van der Waals surface area contributed by atoms with E-state index in [1.54, 1.807) is 36.4 Å². The molecule has 2 amide bonds.